The molecular weight excluding hydrogens is 456 g/mol. The van der Waals surface area contributed by atoms with Gasteiger partial charge in [-0.3, -0.25) is 19.4 Å². The van der Waals surface area contributed by atoms with Gasteiger partial charge in [0.2, 0.25) is 11.8 Å². The van der Waals surface area contributed by atoms with E-state index < -0.39 is 29.3 Å². The summed E-state index contributed by atoms with van der Waals surface area (Å²) in [5.74, 6) is -0.986. The summed E-state index contributed by atoms with van der Waals surface area (Å²) in [6.45, 7) is 5.66. The number of nitrogens with zero attached hydrogens (tertiary/aromatic N) is 5. The molecule has 1 aliphatic rings. The van der Waals surface area contributed by atoms with Crippen molar-refractivity contribution in [3.8, 4) is 12.1 Å². The molecule has 0 spiro atoms. The van der Waals surface area contributed by atoms with Gasteiger partial charge in [0, 0.05) is 32.2 Å². The minimum absolute atomic E-state index is 0.0803. The Morgan fingerprint density at radius 3 is 2.47 bits per heavy atom. The Hall–Kier alpha value is -4.24. The molecule has 1 aromatic carbocycles. The summed E-state index contributed by atoms with van der Waals surface area (Å²) < 4.78 is 0. The van der Waals surface area contributed by atoms with Gasteiger partial charge in [-0.15, -0.1) is 0 Å². The van der Waals surface area contributed by atoms with Crippen molar-refractivity contribution >= 4 is 23.4 Å². The molecule has 0 saturated carbocycles. The standard InChI is InChI=1S/C27H30N6O3/c1-17(2)10-23(33(5)24(34)19-11-18(13-28)15-30-16-19)25(35)32(4)20(14-29)12-27(3)21-8-6-7-9-22(21)31-26(27)36/h6-9,11,15-17,20,23H,10,12H2,1-5H3,(H,31,36)/t20-,23?,27+/m0/s1. The van der Waals surface area contributed by atoms with Crippen LogP contribution in [0.1, 0.15) is 55.1 Å². The number of para-hydroxylation sites is 1. The quantitative estimate of drug-likeness (QED) is 0.610. The number of likely N-dealkylation sites (N-methyl/N-ethyl adjacent to an activating group) is 2. The van der Waals surface area contributed by atoms with Gasteiger partial charge in [-0.1, -0.05) is 32.0 Å². The van der Waals surface area contributed by atoms with Crippen molar-refractivity contribution in [1.29, 1.82) is 10.5 Å². The van der Waals surface area contributed by atoms with Crippen LogP contribution in [0.25, 0.3) is 0 Å². The van der Waals surface area contributed by atoms with Crippen LogP contribution in [0.15, 0.2) is 42.7 Å². The van der Waals surface area contributed by atoms with Crippen molar-refractivity contribution in [2.24, 2.45) is 5.92 Å². The van der Waals surface area contributed by atoms with Crippen LogP contribution in [-0.2, 0) is 15.0 Å². The number of pyridine rings is 1. The van der Waals surface area contributed by atoms with Gasteiger partial charge < -0.3 is 15.1 Å². The highest BCUT2D eigenvalue weighted by atomic mass is 16.2. The molecule has 2 heterocycles. The average molecular weight is 487 g/mol. The number of fused-ring (bicyclic) bond motifs is 1. The fourth-order valence-electron chi connectivity index (χ4n) is 4.54. The van der Waals surface area contributed by atoms with E-state index in [-0.39, 0.29) is 29.4 Å². The zero-order valence-corrected chi connectivity index (χ0v) is 21.1. The van der Waals surface area contributed by atoms with Crippen molar-refractivity contribution in [1.82, 2.24) is 14.8 Å². The molecule has 0 bridgehead atoms. The van der Waals surface area contributed by atoms with E-state index in [1.54, 1.807) is 6.92 Å². The van der Waals surface area contributed by atoms with E-state index in [9.17, 15) is 19.6 Å². The van der Waals surface area contributed by atoms with Gasteiger partial charge in [-0.05, 0) is 43.4 Å². The molecule has 9 nitrogen and oxygen atoms in total. The zero-order chi connectivity index (χ0) is 26.6. The molecule has 1 aliphatic heterocycles. The van der Waals surface area contributed by atoms with Gasteiger partial charge in [0.25, 0.3) is 5.91 Å². The molecule has 0 aliphatic carbocycles. The van der Waals surface area contributed by atoms with E-state index in [1.807, 2.05) is 44.2 Å². The van der Waals surface area contributed by atoms with E-state index >= 15 is 0 Å². The molecule has 1 N–H and O–H groups in total. The average Bonchev–Trinajstić information content (AvgIpc) is 3.13. The van der Waals surface area contributed by atoms with Gasteiger partial charge in [-0.2, -0.15) is 10.5 Å². The van der Waals surface area contributed by atoms with E-state index in [1.165, 1.54) is 42.4 Å². The maximum absolute atomic E-state index is 13.7. The molecule has 0 fully saturated rings. The van der Waals surface area contributed by atoms with E-state index in [4.69, 9.17) is 5.26 Å². The van der Waals surface area contributed by atoms with Gasteiger partial charge in [-0.25, -0.2) is 0 Å². The van der Waals surface area contributed by atoms with Crippen LogP contribution in [0.2, 0.25) is 0 Å². The number of hydrogen-bond acceptors (Lipinski definition) is 6. The second kappa shape index (κ2) is 10.6. The van der Waals surface area contributed by atoms with Crippen LogP contribution in [0.5, 0.6) is 0 Å². The second-order valence-corrected chi connectivity index (χ2v) is 9.77. The summed E-state index contributed by atoms with van der Waals surface area (Å²) in [4.78, 5) is 46.4. The summed E-state index contributed by atoms with van der Waals surface area (Å²) in [6.07, 6.45) is 3.19. The van der Waals surface area contributed by atoms with Gasteiger partial charge >= 0.3 is 0 Å². The Morgan fingerprint density at radius 1 is 1.14 bits per heavy atom. The number of nitriles is 2. The molecule has 0 saturated heterocycles. The summed E-state index contributed by atoms with van der Waals surface area (Å²) >= 11 is 0. The first kappa shape index (κ1) is 26.4. The van der Waals surface area contributed by atoms with E-state index in [2.05, 4.69) is 16.4 Å². The normalized spacial score (nSPS) is 17.8. The minimum atomic E-state index is -0.982. The molecule has 1 unspecified atom stereocenters. The largest absolute Gasteiger partial charge is 0.330 e. The number of carbonyl (C=O) groups is 3. The first-order valence-electron chi connectivity index (χ1n) is 11.7. The predicted molar refractivity (Wildman–Crippen MR) is 134 cm³/mol. The number of aromatic nitrogens is 1. The van der Waals surface area contributed by atoms with Crippen LogP contribution >= 0.6 is 0 Å². The molecule has 0 radical (unpaired) electrons. The highest BCUT2D eigenvalue weighted by Crippen LogP contribution is 2.41. The number of anilines is 1. The third-order valence-corrected chi connectivity index (χ3v) is 6.72. The van der Waals surface area contributed by atoms with Crippen LogP contribution in [0.3, 0.4) is 0 Å². The Morgan fingerprint density at radius 2 is 1.83 bits per heavy atom. The molecule has 3 amide bonds. The van der Waals surface area contributed by atoms with E-state index in [0.29, 0.717) is 12.1 Å². The van der Waals surface area contributed by atoms with Crippen molar-refractivity contribution in [3.05, 3.63) is 59.4 Å². The third-order valence-electron chi connectivity index (χ3n) is 6.72. The van der Waals surface area contributed by atoms with Crippen molar-refractivity contribution in [2.45, 2.75) is 51.1 Å². The smallest absolute Gasteiger partial charge is 0.255 e. The fraction of sp³-hybridized carbons (Fsp3) is 0.407. The van der Waals surface area contributed by atoms with Crippen LogP contribution in [0.4, 0.5) is 5.69 Å². The summed E-state index contributed by atoms with van der Waals surface area (Å²) in [7, 11) is 3.06. The molecule has 3 atom stereocenters. The summed E-state index contributed by atoms with van der Waals surface area (Å²) in [6, 6.07) is 11.1. The number of amides is 3. The zero-order valence-electron chi connectivity index (χ0n) is 21.1. The number of hydrogen-bond donors (Lipinski definition) is 1. The Kier molecular flexibility index (Phi) is 7.74. The highest BCUT2D eigenvalue weighted by Gasteiger charge is 2.45. The molecule has 36 heavy (non-hydrogen) atoms. The van der Waals surface area contributed by atoms with Gasteiger partial charge in [0.1, 0.15) is 18.2 Å². The lowest BCUT2D eigenvalue weighted by Crippen LogP contribution is -2.52. The summed E-state index contributed by atoms with van der Waals surface area (Å²) in [5, 5.41) is 22.0. The summed E-state index contributed by atoms with van der Waals surface area (Å²) in [5.41, 5.74) is 0.943. The number of rotatable bonds is 8. The lowest BCUT2D eigenvalue weighted by molar-refractivity contribution is -0.137. The minimum Gasteiger partial charge on any atom is -0.330 e. The molecule has 9 heteroatoms. The molecule has 1 aromatic heterocycles. The van der Waals surface area contributed by atoms with Crippen LogP contribution < -0.4 is 5.32 Å². The number of carbonyl (C=O) groups excluding carboxylic acids is 3. The molecule has 186 valence electrons. The Bertz CT molecular complexity index is 1260. The van der Waals surface area contributed by atoms with Gasteiger partial charge in [0.15, 0.2) is 0 Å². The third kappa shape index (κ3) is 5.06. The lowest BCUT2D eigenvalue weighted by atomic mass is 9.78. The second-order valence-electron chi connectivity index (χ2n) is 9.77. The predicted octanol–water partition coefficient (Wildman–Crippen LogP) is 3.09. The lowest BCUT2D eigenvalue weighted by Gasteiger charge is -2.35. The Balaban J connectivity index is 1.87. The topological polar surface area (TPSA) is 130 Å². The highest BCUT2D eigenvalue weighted by molar-refractivity contribution is 6.06. The maximum atomic E-state index is 13.7. The SMILES string of the molecule is CC(C)CC(C(=O)N(C)[C@H](C#N)C[C@@]1(C)C(=O)Nc2ccccc21)N(C)C(=O)c1cncc(C#N)c1. The molecule has 3 rings (SSSR count). The van der Waals surface area contributed by atoms with Crippen LogP contribution in [0, 0.1) is 28.6 Å². The van der Waals surface area contributed by atoms with Crippen molar-refractivity contribution < 1.29 is 14.4 Å². The first-order valence-corrected chi connectivity index (χ1v) is 11.7. The maximum Gasteiger partial charge on any atom is 0.255 e. The molecule has 2 aromatic rings. The number of nitrogens with one attached hydrogen (secondary N) is 1. The number of benzene rings is 1. The monoisotopic (exact) mass is 486 g/mol. The first-order chi connectivity index (χ1) is 17.0. The fourth-order valence-corrected chi connectivity index (χ4v) is 4.54. The van der Waals surface area contributed by atoms with Crippen LogP contribution in [-0.4, -0.2) is 58.7 Å². The van der Waals surface area contributed by atoms with E-state index in [0.717, 1.165) is 5.56 Å². The van der Waals surface area contributed by atoms with Gasteiger partial charge in [0.05, 0.1) is 22.6 Å². The molecular formula is C27H30N6O3. The van der Waals surface area contributed by atoms with Crippen molar-refractivity contribution in [3.63, 3.8) is 0 Å². The Labute approximate surface area is 211 Å². The van der Waals surface area contributed by atoms with Crippen molar-refractivity contribution in [2.75, 3.05) is 19.4 Å².